The Morgan fingerprint density at radius 3 is 2.32 bits per heavy atom. The number of benzene rings is 3. The van der Waals surface area contributed by atoms with Gasteiger partial charge in [0, 0.05) is 18.2 Å². The highest BCUT2D eigenvalue weighted by Crippen LogP contribution is 2.40. The number of amides is 1. The van der Waals surface area contributed by atoms with Crippen LogP contribution >= 0.6 is 0 Å². The molecule has 1 aliphatic rings. The summed E-state index contributed by atoms with van der Waals surface area (Å²) in [6.07, 6.45) is 2.59. The molecule has 4 rings (SSSR count). The molecule has 6 heteroatoms. The van der Waals surface area contributed by atoms with E-state index in [2.05, 4.69) is 12.1 Å². The number of methoxy groups -OCH3 is 1. The fraction of sp³-hybridized carbons (Fsp3) is 0.355. The van der Waals surface area contributed by atoms with Crippen molar-refractivity contribution in [2.75, 3.05) is 18.6 Å². The molecule has 0 spiro atoms. The van der Waals surface area contributed by atoms with Gasteiger partial charge in [0.25, 0.3) is 5.91 Å². The number of anilines is 1. The smallest absolute Gasteiger partial charge is 0.316 e. The number of hydrogen-bond acceptors (Lipinski definition) is 5. The van der Waals surface area contributed by atoms with Crippen LogP contribution in [0.1, 0.15) is 67.1 Å². The molecule has 1 amide bonds. The third-order valence-electron chi connectivity index (χ3n) is 6.87. The zero-order chi connectivity index (χ0) is 26.7. The minimum atomic E-state index is -0.561. The summed E-state index contributed by atoms with van der Waals surface area (Å²) >= 11 is 0. The number of phenols is 1. The Hall–Kier alpha value is -3.80. The van der Waals surface area contributed by atoms with Crippen LogP contribution in [-0.4, -0.2) is 30.6 Å². The number of phenolic OH excluding ortho intramolecular Hbond substituents is 1. The quantitative estimate of drug-likeness (QED) is 0.317. The SMILES string of the molecule is CCN(C(=O)c1ccc(O)cc1)c1cc(OC)ccc1[C@H]1CCc2cc(OC(=O)C(C)(C)C)ccc2C1. The number of aromatic hydroxyl groups is 1. The van der Waals surface area contributed by atoms with Crippen molar-refractivity contribution in [3.63, 3.8) is 0 Å². The average molecular weight is 502 g/mol. The molecule has 0 radical (unpaired) electrons. The number of ether oxygens (including phenoxy) is 2. The first-order valence-electron chi connectivity index (χ1n) is 12.7. The second kappa shape index (κ2) is 10.7. The van der Waals surface area contributed by atoms with Gasteiger partial charge in [-0.2, -0.15) is 0 Å². The van der Waals surface area contributed by atoms with E-state index >= 15 is 0 Å². The van der Waals surface area contributed by atoms with E-state index in [1.54, 1.807) is 24.1 Å². The first-order valence-corrected chi connectivity index (χ1v) is 12.7. The molecule has 3 aromatic rings. The van der Waals surface area contributed by atoms with Crippen LogP contribution in [0.5, 0.6) is 17.2 Å². The molecule has 194 valence electrons. The first-order chi connectivity index (χ1) is 17.6. The topological polar surface area (TPSA) is 76.1 Å². The van der Waals surface area contributed by atoms with E-state index < -0.39 is 5.41 Å². The highest BCUT2D eigenvalue weighted by molar-refractivity contribution is 6.06. The molecule has 3 aromatic carbocycles. The molecule has 1 atom stereocenters. The lowest BCUT2D eigenvalue weighted by Gasteiger charge is -2.31. The second-order valence-electron chi connectivity index (χ2n) is 10.5. The Balaban J connectivity index is 1.63. The van der Waals surface area contributed by atoms with Gasteiger partial charge in [0.1, 0.15) is 17.2 Å². The van der Waals surface area contributed by atoms with Crippen LogP contribution in [0.2, 0.25) is 0 Å². The van der Waals surface area contributed by atoms with Gasteiger partial charge >= 0.3 is 5.97 Å². The van der Waals surface area contributed by atoms with Crippen molar-refractivity contribution < 1.29 is 24.2 Å². The Kier molecular flexibility index (Phi) is 7.58. The van der Waals surface area contributed by atoms with Crippen LogP contribution in [0, 0.1) is 5.41 Å². The lowest BCUT2D eigenvalue weighted by atomic mass is 9.79. The summed E-state index contributed by atoms with van der Waals surface area (Å²) in [5.41, 5.74) is 4.31. The maximum absolute atomic E-state index is 13.5. The van der Waals surface area contributed by atoms with Crippen LogP contribution in [0.3, 0.4) is 0 Å². The van der Waals surface area contributed by atoms with Gasteiger partial charge in [-0.15, -0.1) is 0 Å². The van der Waals surface area contributed by atoms with E-state index in [9.17, 15) is 14.7 Å². The van der Waals surface area contributed by atoms with E-state index in [0.717, 1.165) is 30.5 Å². The Morgan fingerprint density at radius 1 is 0.973 bits per heavy atom. The molecular weight excluding hydrogens is 466 g/mol. The largest absolute Gasteiger partial charge is 0.508 e. The molecule has 37 heavy (non-hydrogen) atoms. The Labute approximate surface area is 218 Å². The zero-order valence-electron chi connectivity index (χ0n) is 22.2. The van der Waals surface area contributed by atoms with Gasteiger partial charge in [-0.3, -0.25) is 9.59 Å². The maximum Gasteiger partial charge on any atom is 0.316 e. The van der Waals surface area contributed by atoms with Crippen molar-refractivity contribution in [3.8, 4) is 17.2 Å². The summed E-state index contributed by atoms with van der Waals surface area (Å²) in [5, 5.41) is 9.64. The van der Waals surface area contributed by atoms with Gasteiger partial charge in [-0.1, -0.05) is 12.1 Å². The minimum Gasteiger partial charge on any atom is -0.508 e. The third kappa shape index (κ3) is 5.79. The molecule has 1 aliphatic carbocycles. The molecule has 6 nitrogen and oxygen atoms in total. The molecule has 1 N–H and O–H groups in total. The lowest BCUT2D eigenvalue weighted by Crippen LogP contribution is -2.32. The third-order valence-corrected chi connectivity index (χ3v) is 6.87. The van der Waals surface area contributed by atoms with Crippen LogP contribution in [-0.2, 0) is 17.6 Å². The first kappa shape index (κ1) is 26.3. The van der Waals surface area contributed by atoms with Gasteiger partial charge in [0.05, 0.1) is 18.2 Å². The van der Waals surface area contributed by atoms with Crippen molar-refractivity contribution in [1.82, 2.24) is 0 Å². The average Bonchev–Trinajstić information content (AvgIpc) is 2.88. The predicted octanol–water partition coefficient (Wildman–Crippen LogP) is 6.29. The number of carbonyl (C=O) groups is 2. The molecule has 0 heterocycles. The van der Waals surface area contributed by atoms with E-state index in [1.165, 1.54) is 23.3 Å². The van der Waals surface area contributed by atoms with Crippen molar-refractivity contribution in [2.45, 2.75) is 52.9 Å². The van der Waals surface area contributed by atoms with Crippen molar-refractivity contribution in [3.05, 3.63) is 82.9 Å². The predicted molar refractivity (Wildman–Crippen MR) is 145 cm³/mol. The number of hydrogen-bond donors (Lipinski definition) is 1. The fourth-order valence-electron chi connectivity index (χ4n) is 4.73. The van der Waals surface area contributed by atoms with E-state index in [1.807, 2.05) is 52.0 Å². The van der Waals surface area contributed by atoms with E-state index in [0.29, 0.717) is 23.6 Å². The molecule has 0 fully saturated rings. The van der Waals surface area contributed by atoms with Crippen molar-refractivity contribution >= 4 is 17.6 Å². The lowest BCUT2D eigenvalue weighted by molar-refractivity contribution is -0.143. The number of rotatable bonds is 6. The summed E-state index contributed by atoms with van der Waals surface area (Å²) in [7, 11) is 1.62. The number of aryl methyl sites for hydroxylation is 1. The van der Waals surface area contributed by atoms with Gasteiger partial charge in [-0.05, 0) is 112 Å². The number of esters is 1. The van der Waals surface area contributed by atoms with E-state index in [-0.39, 0.29) is 23.5 Å². The van der Waals surface area contributed by atoms with Gasteiger partial charge < -0.3 is 19.5 Å². The molecule has 0 saturated carbocycles. The number of fused-ring (bicyclic) bond motifs is 1. The monoisotopic (exact) mass is 501 g/mol. The van der Waals surface area contributed by atoms with E-state index in [4.69, 9.17) is 9.47 Å². The molecular formula is C31H35NO5. The van der Waals surface area contributed by atoms with Gasteiger partial charge in [-0.25, -0.2) is 0 Å². The normalized spacial score (nSPS) is 15.0. The maximum atomic E-state index is 13.5. The van der Waals surface area contributed by atoms with Crippen LogP contribution in [0.4, 0.5) is 5.69 Å². The van der Waals surface area contributed by atoms with Gasteiger partial charge in [0.15, 0.2) is 0 Å². The fourth-order valence-corrected chi connectivity index (χ4v) is 4.73. The Bertz CT molecular complexity index is 1290. The summed E-state index contributed by atoms with van der Waals surface area (Å²) in [6, 6.07) is 18.2. The summed E-state index contributed by atoms with van der Waals surface area (Å²) in [6.45, 7) is 7.98. The summed E-state index contributed by atoms with van der Waals surface area (Å²) in [5.74, 6) is 1.24. The standard InChI is InChI=1S/C31H35NO5/c1-6-32(29(34)20-9-12-24(33)13-10-20)28-19-25(36-5)15-16-27(28)23-8-7-22-18-26(14-11-21(22)17-23)37-30(35)31(2,3)4/h9-16,18-19,23,33H,6-8,17H2,1-5H3/t23-/m0/s1. The Morgan fingerprint density at radius 2 is 1.68 bits per heavy atom. The second-order valence-corrected chi connectivity index (χ2v) is 10.5. The zero-order valence-corrected chi connectivity index (χ0v) is 22.2. The molecule has 0 bridgehead atoms. The highest BCUT2D eigenvalue weighted by atomic mass is 16.5. The van der Waals surface area contributed by atoms with Crippen molar-refractivity contribution in [1.29, 1.82) is 0 Å². The number of carbonyl (C=O) groups excluding carboxylic acids is 2. The van der Waals surface area contributed by atoms with Crippen LogP contribution < -0.4 is 14.4 Å². The van der Waals surface area contributed by atoms with Gasteiger partial charge in [0.2, 0.25) is 0 Å². The molecule has 0 aliphatic heterocycles. The molecule has 0 saturated heterocycles. The minimum absolute atomic E-state index is 0.124. The van der Waals surface area contributed by atoms with Crippen LogP contribution in [0.25, 0.3) is 0 Å². The molecule has 0 unspecified atom stereocenters. The summed E-state index contributed by atoms with van der Waals surface area (Å²) < 4.78 is 11.1. The highest BCUT2D eigenvalue weighted by Gasteiger charge is 2.28. The van der Waals surface area contributed by atoms with Crippen molar-refractivity contribution in [2.24, 2.45) is 5.41 Å². The number of nitrogens with zero attached hydrogens (tertiary/aromatic N) is 1. The van der Waals surface area contributed by atoms with Crippen LogP contribution in [0.15, 0.2) is 60.7 Å². The summed E-state index contributed by atoms with van der Waals surface area (Å²) in [4.78, 5) is 27.6. The molecule has 0 aromatic heterocycles.